The Morgan fingerprint density at radius 2 is 2.12 bits per heavy atom. The molecule has 2 atom stereocenters. The number of nitrogens with two attached hydrogens (primary N) is 1. The van der Waals surface area contributed by atoms with Gasteiger partial charge in [-0.05, 0) is 33.6 Å². The van der Waals surface area contributed by atoms with Crippen LogP contribution in [0, 0.1) is 0 Å². The number of rotatable bonds is 3. The number of hydrogen-bond donors (Lipinski definition) is 3. The SMILES string of the molecule is CC(C)(C)OC(=O)NC1(C2OC2NN)CC1. The smallest absolute Gasteiger partial charge is 0.408 e. The molecule has 0 bridgehead atoms. The Balaban J connectivity index is 1.84. The lowest BCUT2D eigenvalue weighted by atomic mass is 10.2. The van der Waals surface area contributed by atoms with Crippen molar-refractivity contribution >= 4 is 6.09 Å². The van der Waals surface area contributed by atoms with Gasteiger partial charge in [-0.3, -0.25) is 5.84 Å². The van der Waals surface area contributed by atoms with E-state index in [4.69, 9.17) is 15.3 Å². The minimum absolute atomic E-state index is 0.0231. The second kappa shape index (κ2) is 3.58. The Morgan fingerprint density at radius 3 is 2.50 bits per heavy atom. The first kappa shape index (κ1) is 11.6. The lowest BCUT2D eigenvalue weighted by molar-refractivity contribution is 0.0486. The summed E-state index contributed by atoms with van der Waals surface area (Å²) in [6.45, 7) is 5.51. The minimum Gasteiger partial charge on any atom is -0.444 e. The van der Waals surface area contributed by atoms with Gasteiger partial charge in [0, 0.05) is 0 Å². The number of hydrazine groups is 1. The second-order valence-corrected chi connectivity index (χ2v) is 5.43. The zero-order valence-corrected chi connectivity index (χ0v) is 9.87. The highest BCUT2D eigenvalue weighted by molar-refractivity contribution is 5.69. The van der Waals surface area contributed by atoms with Crippen molar-refractivity contribution in [2.45, 2.75) is 57.1 Å². The summed E-state index contributed by atoms with van der Waals surface area (Å²) in [6.07, 6.45) is 1.27. The van der Waals surface area contributed by atoms with Gasteiger partial charge in [0.1, 0.15) is 17.9 Å². The highest BCUT2D eigenvalue weighted by Crippen LogP contribution is 2.47. The topological polar surface area (TPSA) is 88.9 Å². The zero-order chi connectivity index (χ0) is 12.0. The molecule has 2 rings (SSSR count). The molecule has 2 aliphatic rings. The summed E-state index contributed by atoms with van der Waals surface area (Å²) in [5.41, 5.74) is 1.80. The molecule has 16 heavy (non-hydrogen) atoms. The Kier molecular flexibility index (Phi) is 2.60. The summed E-state index contributed by atoms with van der Waals surface area (Å²) >= 11 is 0. The van der Waals surface area contributed by atoms with Crippen LogP contribution in [-0.4, -0.2) is 29.6 Å². The number of nitrogens with one attached hydrogen (secondary N) is 2. The average molecular weight is 229 g/mol. The van der Waals surface area contributed by atoms with E-state index in [0.29, 0.717) is 0 Å². The molecule has 0 spiro atoms. The fourth-order valence-electron chi connectivity index (χ4n) is 1.78. The van der Waals surface area contributed by atoms with Crippen molar-refractivity contribution in [2.24, 2.45) is 5.84 Å². The molecule has 1 saturated heterocycles. The molecule has 2 fully saturated rings. The molecule has 0 aromatic heterocycles. The van der Waals surface area contributed by atoms with Crippen molar-refractivity contribution in [3.8, 4) is 0 Å². The van der Waals surface area contributed by atoms with Crippen LogP contribution in [0.15, 0.2) is 0 Å². The summed E-state index contributed by atoms with van der Waals surface area (Å²) in [6, 6.07) is 0. The van der Waals surface area contributed by atoms with Crippen LogP contribution in [0.4, 0.5) is 4.79 Å². The van der Waals surface area contributed by atoms with Crippen LogP contribution in [0.3, 0.4) is 0 Å². The van der Waals surface area contributed by atoms with Gasteiger partial charge in [-0.15, -0.1) is 0 Å². The maximum Gasteiger partial charge on any atom is 0.408 e. The molecule has 1 aliphatic heterocycles. The number of hydrogen-bond acceptors (Lipinski definition) is 5. The summed E-state index contributed by atoms with van der Waals surface area (Å²) in [7, 11) is 0. The van der Waals surface area contributed by atoms with Gasteiger partial charge in [0.15, 0.2) is 0 Å². The molecule has 1 saturated carbocycles. The van der Waals surface area contributed by atoms with Crippen molar-refractivity contribution in [1.82, 2.24) is 10.7 Å². The number of carbonyl (C=O) groups excluding carboxylic acids is 1. The van der Waals surface area contributed by atoms with E-state index < -0.39 is 11.7 Å². The normalized spacial score (nSPS) is 30.8. The third-order valence-electron chi connectivity index (χ3n) is 2.74. The standard InChI is InChI=1S/C10H19N3O3/c1-9(2,3)16-8(14)12-10(4-5-10)6-7(13-11)15-6/h6-7,13H,4-5,11H2,1-3H3,(H,12,14). The van der Waals surface area contributed by atoms with Crippen molar-refractivity contribution in [2.75, 3.05) is 0 Å². The maximum atomic E-state index is 11.6. The second-order valence-electron chi connectivity index (χ2n) is 5.43. The van der Waals surface area contributed by atoms with Gasteiger partial charge in [0.25, 0.3) is 0 Å². The molecule has 1 aliphatic carbocycles. The third kappa shape index (κ3) is 2.45. The highest BCUT2D eigenvalue weighted by atomic mass is 16.6. The Hall–Kier alpha value is -0.850. The van der Waals surface area contributed by atoms with Crippen LogP contribution in [0.1, 0.15) is 33.6 Å². The molecule has 6 heteroatoms. The first-order chi connectivity index (χ1) is 7.36. The minimum atomic E-state index is -0.476. The molecule has 0 aromatic rings. The van der Waals surface area contributed by atoms with Crippen LogP contribution in [0.25, 0.3) is 0 Å². The Labute approximate surface area is 94.8 Å². The van der Waals surface area contributed by atoms with Crippen molar-refractivity contribution in [3.63, 3.8) is 0 Å². The largest absolute Gasteiger partial charge is 0.444 e. The Morgan fingerprint density at radius 1 is 1.50 bits per heavy atom. The third-order valence-corrected chi connectivity index (χ3v) is 2.74. The summed E-state index contributed by atoms with van der Waals surface area (Å²) in [5, 5.41) is 2.87. The van der Waals surface area contributed by atoms with E-state index in [1.165, 1.54) is 0 Å². The van der Waals surface area contributed by atoms with Gasteiger partial charge in [0.05, 0.1) is 5.54 Å². The fourth-order valence-corrected chi connectivity index (χ4v) is 1.78. The van der Waals surface area contributed by atoms with E-state index >= 15 is 0 Å². The molecule has 1 amide bonds. The molecule has 4 N–H and O–H groups in total. The summed E-state index contributed by atoms with van der Waals surface area (Å²) in [5.74, 6) is 5.26. The fraction of sp³-hybridized carbons (Fsp3) is 0.900. The van der Waals surface area contributed by atoms with Gasteiger partial charge in [-0.1, -0.05) is 0 Å². The van der Waals surface area contributed by atoms with Gasteiger partial charge in [0.2, 0.25) is 0 Å². The van der Waals surface area contributed by atoms with Gasteiger partial charge in [-0.25, -0.2) is 10.2 Å². The van der Waals surface area contributed by atoms with Crippen LogP contribution in [0.2, 0.25) is 0 Å². The van der Waals surface area contributed by atoms with Crippen molar-refractivity contribution in [3.05, 3.63) is 0 Å². The number of alkyl carbamates (subject to hydrolysis) is 1. The lowest BCUT2D eigenvalue weighted by Crippen LogP contribution is -2.45. The number of carbonyl (C=O) groups is 1. The summed E-state index contributed by atoms with van der Waals surface area (Å²) < 4.78 is 10.5. The first-order valence-electron chi connectivity index (χ1n) is 5.49. The zero-order valence-electron chi connectivity index (χ0n) is 9.87. The van der Waals surface area contributed by atoms with Crippen LogP contribution in [0.5, 0.6) is 0 Å². The van der Waals surface area contributed by atoms with E-state index in [1.54, 1.807) is 0 Å². The quantitative estimate of drug-likeness (QED) is 0.366. The predicted molar refractivity (Wildman–Crippen MR) is 57.3 cm³/mol. The molecule has 2 unspecified atom stereocenters. The predicted octanol–water partition coefficient (Wildman–Crippen LogP) is 0.232. The van der Waals surface area contributed by atoms with E-state index in [9.17, 15) is 4.79 Å². The summed E-state index contributed by atoms with van der Waals surface area (Å²) in [4.78, 5) is 11.6. The monoisotopic (exact) mass is 229 g/mol. The van der Waals surface area contributed by atoms with Gasteiger partial charge >= 0.3 is 6.09 Å². The molecular weight excluding hydrogens is 210 g/mol. The lowest BCUT2D eigenvalue weighted by Gasteiger charge is -2.22. The van der Waals surface area contributed by atoms with Gasteiger partial charge < -0.3 is 14.8 Å². The van der Waals surface area contributed by atoms with Crippen molar-refractivity contribution in [1.29, 1.82) is 0 Å². The molecule has 0 aromatic carbocycles. The number of ether oxygens (including phenoxy) is 2. The molecular formula is C10H19N3O3. The van der Waals surface area contributed by atoms with E-state index in [2.05, 4.69) is 10.7 Å². The molecule has 1 heterocycles. The van der Waals surface area contributed by atoms with Crippen LogP contribution >= 0.6 is 0 Å². The number of epoxide rings is 1. The van der Waals surface area contributed by atoms with Crippen molar-refractivity contribution < 1.29 is 14.3 Å². The highest BCUT2D eigenvalue weighted by Gasteiger charge is 2.62. The van der Waals surface area contributed by atoms with E-state index in [0.717, 1.165) is 12.8 Å². The molecule has 92 valence electrons. The van der Waals surface area contributed by atoms with Gasteiger partial charge in [-0.2, -0.15) is 0 Å². The molecule has 6 nitrogen and oxygen atoms in total. The average Bonchev–Trinajstić information content (AvgIpc) is 2.93. The first-order valence-corrected chi connectivity index (χ1v) is 5.49. The van der Waals surface area contributed by atoms with Crippen LogP contribution < -0.4 is 16.6 Å². The number of amides is 1. The Bertz CT molecular complexity index is 296. The molecule has 0 radical (unpaired) electrons. The maximum absolute atomic E-state index is 11.6. The van der Waals surface area contributed by atoms with E-state index in [-0.39, 0.29) is 17.9 Å². The van der Waals surface area contributed by atoms with E-state index in [1.807, 2.05) is 20.8 Å². The van der Waals surface area contributed by atoms with Crippen LogP contribution in [-0.2, 0) is 9.47 Å².